The Kier molecular flexibility index (Phi) is 12.1. The standard InChI is InChI=1S/C26H36N6O8/c1-14(2)9-20(31-23(36)18(27)10-15-3-5-17(33)6-4-15)25(38)30-19(7-8-22(34)35)24(37)32-21(26(39)40)11-16-12-28-13-29-16/h3-6,12-14,18-21,33H,7-11,27H2,1-2H3,(H,28,29)(H,30,38)(H,31,36)(H,32,37)(H,34,35)(H,39,40). The van der Waals surface area contributed by atoms with Crippen molar-refractivity contribution in [2.24, 2.45) is 11.7 Å². The number of H-pyrrole nitrogens is 1. The number of imidazole rings is 1. The van der Waals surface area contributed by atoms with Gasteiger partial charge in [-0.1, -0.05) is 26.0 Å². The highest BCUT2D eigenvalue weighted by Crippen LogP contribution is 2.12. The number of carbonyl (C=O) groups is 5. The van der Waals surface area contributed by atoms with E-state index < -0.39 is 60.2 Å². The molecule has 40 heavy (non-hydrogen) atoms. The molecular weight excluding hydrogens is 524 g/mol. The van der Waals surface area contributed by atoms with E-state index in [0.717, 1.165) is 0 Å². The molecule has 0 aliphatic rings. The number of aromatic amines is 1. The highest BCUT2D eigenvalue weighted by atomic mass is 16.4. The summed E-state index contributed by atoms with van der Waals surface area (Å²) in [5, 5.41) is 35.5. The average Bonchev–Trinajstić information content (AvgIpc) is 3.39. The van der Waals surface area contributed by atoms with E-state index in [1.54, 1.807) is 12.1 Å². The van der Waals surface area contributed by atoms with Gasteiger partial charge in [0.2, 0.25) is 17.7 Å². The van der Waals surface area contributed by atoms with Crippen LogP contribution in [0.3, 0.4) is 0 Å². The second-order valence-corrected chi connectivity index (χ2v) is 9.84. The Labute approximate surface area is 230 Å². The van der Waals surface area contributed by atoms with Crippen molar-refractivity contribution in [1.82, 2.24) is 25.9 Å². The van der Waals surface area contributed by atoms with Gasteiger partial charge in [-0.05, 0) is 42.9 Å². The maximum absolute atomic E-state index is 13.2. The Hall–Kier alpha value is -4.46. The number of benzene rings is 1. The van der Waals surface area contributed by atoms with Crippen LogP contribution in [-0.2, 0) is 36.8 Å². The molecule has 0 fully saturated rings. The molecule has 1 aromatic heterocycles. The van der Waals surface area contributed by atoms with Crippen molar-refractivity contribution in [1.29, 1.82) is 0 Å². The largest absolute Gasteiger partial charge is 0.508 e. The van der Waals surface area contributed by atoms with Gasteiger partial charge in [-0.3, -0.25) is 19.2 Å². The van der Waals surface area contributed by atoms with Crippen molar-refractivity contribution in [2.75, 3.05) is 0 Å². The third-order valence-electron chi connectivity index (χ3n) is 5.94. The number of amides is 3. The van der Waals surface area contributed by atoms with Crippen molar-refractivity contribution >= 4 is 29.7 Å². The van der Waals surface area contributed by atoms with Gasteiger partial charge in [0.15, 0.2) is 0 Å². The molecule has 9 N–H and O–H groups in total. The highest BCUT2D eigenvalue weighted by molar-refractivity contribution is 5.94. The molecule has 0 aliphatic carbocycles. The van der Waals surface area contributed by atoms with E-state index >= 15 is 0 Å². The molecule has 0 bridgehead atoms. The molecule has 4 atom stereocenters. The summed E-state index contributed by atoms with van der Waals surface area (Å²) in [7, 11) is 0. The molecule has 4 unspecified atom stereocenters. The van der Waals surface area contributed by atoms with Crippen molar-refractivity contribution in [2.45, 2.75) is 70.1 Å². The zero-order valence-corrected chi connectivity index (χ0v) is 22.3. The minimum atomic E-state index is -1.38. The molecule has 3 amide bonds. The number of phenolic OH excluding ortho intramolecular Hbond substituents is 1. The van der Waals surface area contributed by atoms with Crippen LogP contribution in [0.4, 0.5) is 0 Å². The Bertz CT molecular complexity index is 1150. The summed E-state index contributed by atoms with van der Waals surface area (Å²) in [6.07, 6.45) is 2.17. The maximum Gasteiger partial charge on any atom is 0.326 e. The molecule has 218 valence electrons. The van der Waals surface area contributed by atoms with Gasteiger partial charge in [0.05, 0.1) is 12.4 Å². The minimum Gasteiger partial charge on any atom is -0.508 e. The third-order valence-corrected chi connectivity index (χ3v) is 5.94. The van der Waals surface area contributed by atoms with Gasteiger partial charge >= 0.3 is 11.9 Å². The minimum absolute atomic E-state index is 0.0542. The van der Waals surface area contributed by atoms with E-state index in [9.17, 15) is 34.2 Å². The summed E-state index contributed by atoms with van der Waals surface area (Å²) in [5.74, 6) is -4.80. The lowest BCUT2D eigenvalue weighted by molar-refractivity contribution is -0.143. The molecule has 2 rings (SSSR count). The molecular formula is C26H36N6O8. The van der Waals surface area contributed by atoms with E-state index in [0.29, 0.717) is 11.3 Å². The van der Waals surface area contributed by atoms with E-state index in [1.807, 2.05) is 13.8 Å². The normalized spacial score (nSPS) is 14.0. The van der Waals surface area contributed by atoms with Gasteiger partial charge in [0.1, 0.15) is 23.9 Å². The van der Waals surface area contributed by atoms with Crippen LogP contribution in [0.5, 0.6) is 5.75 Å². The van der Waals surface area contributed by atoms with Gasteiger partial charge in [0, 0.05) is 24.7 Å². The zero-order valence-electron chi connectivity index (χ0n) is 22.3. The second-order valence-electron chi connectivity index (χ2n) is 9.84. The van der Waals surface area contributed by atoms with Crippen LogP contribution in [0, 0.1) is 5.92 Å². The van der Waals surface area contributed by atoms with Crippen LogP contribution in [0.1, 0.15) is 44.4 Å². The number of carboxylic acids is 2. The van der Waals surface area contributed by atoms with Gasteiger partial charge in [-0.15, -0.1) is 0 Å². The molecule has 2 aromatic rings. The number of hydrogen-bond acceptors (Lipinski definition) is 8. The maximum atomic E-state index is 13.2. The Balaban J connectivity index is 2.13. The van der Waals surface area contributed by atoms with Crippen molar-refractivity contribution in [3.8, 4) is 5.75 Å². The highest BCUT2D eigenvalue weighted by Gasteiger charge is 2.31. The lowest BCUT2D eigenvalue weighted by atomic mass is 10.0. The SMILES string of the molecule is CC(C)CC(NC(=O)C(N)Cc1ccc(O)cc1)C(=O)NC(CCC(=O)O)C(=O)NC(Cc1cnc[nH]1)C(=O)O. The smallest absolute Gasteiger partial charge is 0.326 e. The molecule has 0 aliphatic heterocycles. The topological polar surface area (TPSA) is 237 Å². The Morgan fingerprint density at radius 2 is 1.50 bits per heavy atom. The summed E-state index contributed by atoms with van der Waals surface area (Å²) in [6.45, 7) is 3.65. The van der Waals surface area contributed by atoms with Crippen molar-refractivity contribution in [3.05, 3.63) is 48.0 Å². The Morgan fingerprint density at radius 1 is 0.900 bits per heavy atom. The lowest BCUT2D eigenvalue weighted by Gasteiger charge is -2.26. The van der Waals surface area contributed by atoms with E-state index in [1.165, 1.54) is 24.7 Å². The quantitative estimate of drug-likeness (QED) is 0.133. The van der Waals surface area contributed by atoms with Crippen LogP contribution < -0.4 is 21.7 Å². The Morgan fingerprint density at radius 3 is 2.05 bits per heavy atom. The fourth-order valence-electron chi connectivity index (χ4n) is 3.86. The third kappa shape index (κ3) is 10.7. The van der Waals surface area contributed by atoms with E-state index in [-0.39, 0.29) is 37.4 Å². The predicted octanol–water partition coefficient (Wildman–Crippen LogP) is -0.322. The van der Waals surface area contributed by atoms with Crippen LogP contribution in [0.2, 0.25) is 0 Å². The number of aromatic hydroxyl groups is 1. The molecule has 0 saturated heterocycles. The number of rotatable bonds is 16. The van der Waals surface area contributed by atoms with Crippen LogP contribution in [0.15, 0.2) is 36.8 Å². The zero-order chi connectivity index (χ0) is 29.8. The number of nitrogens with two attached hydrogens (primary N) is 1. The van der Waals surface area contributed by atoms with Gasteiger partial charge in [-0.2, -0.15) is 0 Å². The first-order chi connectivity index (χ1) is 18.8. The molecule has 0 radical (unpaired) electrons. The van der Waals surface area contributed by atoms with E-state index in [2.05, 4.69) is 25.9 Å². The first-order valence-corrected chi connectivity index (χ1v) is 12.7. The van der Waals surface area contributed by atoms with Crippen LogP contribution in [-0.4, -0.2) is 79.1 Å². The molecule has 1 aromatic carbocycles. The van der Waals surface area contributed by atoms with E-state index in [4.69, 9.17) is 10.8 Å². The number of hydrogen-bond donors (Lipinski definition) is 8. The van der Waals surface area contributed by atoms with Gasteiger partial charge in [0.25, 0.3) is 0 Å². The fraction of sp³-hybridized carbons (Fsp3) is 0.462. The molecule has 14 nitrogen and oxygen atoms in total. The summed E-state index contributed by atoms with van der Waals surface area (Å²) in [5.41, 5.74) is 7.18. The molecule has 0 spiro atoms. The number of carboxylic acid groups (broad SMARTS) is 2. The van der Waals surface area contributed by atoms with Crippen LogP contribution >= 0.6 is 0 Å². The summed E-state index contributed by atoms with van der Waals surface area (Å²) >= 11 is 0. The number of carbonyl (C=O) groups excluding carboxylic acids is 3. The number of nitrogens with one attached hydrogen (secondary N) is 4. The van der Waals surface area contributed by atoms with Crippen LogP contribution in [0.25, 0.3) is 0 Å². The first-order valence-electron chi connectivity index (χ1n) is 12.7. The first kappa shape index (κ1) is 31.8. The molecule has 1 heterocycles. The van der Waals surface area contributed by atoms with Gasteiger partial charge < -0.3 is 42.0 Å². The number of nitrogens with zero attached hydrogens (tertiary/aromatic N) is 1. The summed E-state index contributed by atoms with van der Waals surface area (Å²) < 4.78 is 0. The summed E-state index contributed by atoms with van der Waals surface area (Å²) in [4.78, 5) is 68.5. The fourth-order valence-corrected chi connectivity index (χ4v) is 3.86. The molecule has 0 saturated carbocycles. The van der Waals surface area contributed by atoms with Crippen molar-refractivity contribution in [3.63, 3.8) is 0 Å². The lowest BCUT2D eigenvalue weighted by Crippen LogP contribution is -2.57. The summed E-state index contributed by atoms with van der Waals surface area (Å²) in [6, 6.07) is 1.27. The monoisotopic (exact) mass is 560 g/mol. The second kappa shape index (κ2) is 15.2. The molecule has 14 heteroatoms. The van der Waals surface area contributed by atoms with Crippen molar-refractivity contribution < 1.29 is 39.3 Å². The average molecular weight is 561 g/mol. The number of aliphatic carboxylic acids is 2. The predicted molar refractivity (Wildman–Crippen MR) is 142 cm³/mol. The number of aromatic nitrogens is 2. The number of phenols is 1. The van der Waals surface area contributed by atoms with Gasteiger partial charge in [-0.25, -0.2) is 9.78 Å².